The number of aryl methyl sites for hydroxylation is 2. The highest BCUT2D eigenvalue weighted by Crippen LogP contribution is 2.30. The number of nitrogens with zero attached hydrogens (tertiary/aromatic N) is 2. The molecule has 2 atom stereocenters. The number of amides is 2. The molecule has 4 rings (SSSR count). The minimum Gasteiger partial charge on any atom is -0.352 e. The maximum atomic E-state index is 14.6. The van der Waals surface area contributed by atoms with E-state index >= 15 is 0 Å². The van der Waals surface area contributed by atoms with Gasteiger partial charge in [-0.2, -0.15) is 0 Å². The molecule has 0 aliphatic rings. The van der Waals surface area contributed by atoms with Gasteiger partial charge in [0.15, 0.2) is 0 Å². The molecule has 46 heavy (non-hydrogen) atoms. The molecule has 0 unspecified atom stereocenters. The summed E-state index contributed by atoms with van der Waals surface area (Å²) in [5.74, 6) is -0.839. The summed E-state index contributed by atoms with van der Waals surface area (Å²) in [7, 11) is -4.22. The first-order valence-corrected chi connectivity index (χ1v) is 17.7. The van der Waals surface area contributed by atoms with Crippen LogP contribution in [0.25, 0.3) is 0 Å². The van der Waals surface area contributed by atoms with Crippen LogP contribution < -0.4 is 9.62 Å². The molecule has 1 N–H and O–H groups in total. The Kier molecular flexibility index (Phi) is 12.1. The van der Waals surface area contributed by atoms with E-state index in [4.69, 9.17) is 11.6 Å². The van der Waals surface area contributed by atoms with Crippen molar-refractivity contribution < 1.29 is 18.0 Å². The molecule has 0 radical (unpaired) electrons. The van der Waals surface area contributed by atoms with Gasteiger partial charge in [0.1, 0.15) is 12.6 Å². The lowest BCUT2D eigenvalue weighted by Gasteiger charge is -2.34. The number of rotatable bonds is 13. The first-order valence-electron chi connectivity index (χ1n) is 15.1. The van der Waals surface area contributed by atoms with E-state index in [-0.39, 0.29) is 35.5 Å². The van der Waals surface area contributed by atoms with Crippen molar-refractivity contribution in [2.24, 2.45) is 0 Å². The van der Waals surface area contributed by atoms with Crippen molar-refractivity contribution in [3.05, 3.63) is 129 Å². The van der Waals surface area contributed by atoms with Gasteiger partial charge in [-0.25, -0.2) is 8.42 Å². The molecule has 0 saturated carbocycles. The van der Waals surface area contributed by atoms with Gasteiger partial charge in [-0.15, -0.1) is 0 Å². The number of carbonyl (C=O) groups is 2. The molecular formula is C36H39BrClN3O4S. The second-order valence-corrected chi connectivity index (χ2v) is 14.6. The summed E-state index contributed by atoms with van der Waals surface area (Å²) in [5.41, 5.74) is 3.47. The maximum Gasteiger partial charge on any atom is 0.264 e. The summed E-state index contributed by atoms with van der Waals surface area (Å²) in [4.78, 5) is 30.1. The summed E-state index contributed by atoms with van der Waals surface area (Å²) in [5, 5.41) is 3.39. The third-order valence-electron chi connectivity index (χ3n) is 7.87. The Morgan fingerprint density at radius 2 is 1.54 bits per heavy atom. The van der Waals surface area contributed by atoms with Crippen molar-refractivity contribution in [2.45, 2.75) is 64.1 Å². The van der Waals surface area contributed by atoms with Crippen LogP contribution >= 0.6 is 27.5 Å². The normalized spacial score (nSPS) is 12.7. The third kappa shape index (κ3) is 8.99. The number of halogens is 2. The second-order valence-electron chi connectivity index (χ2n) is 11.4. The van der Waals surface area contributed by atoms with Gasteiger partial charge < -0.3 is 10.2 Å². The molecule has 0 spiro atoms. The molecular weight excluding hydrogens is 686 g/mol. The Bertz CT molecular complexity index is 1750. The number of anilines is 1. The van der Waals surface area contributed by atoms with Crippen LogP contribution in [0.15, 0.2) is 106 Å². The minimum atomic E-state index is -4.22. The van der Waals surface area contributed by atoms with Crippen LogP contribution in [-0.4, -0.2) is 43.8 Å². The molecule has 7 nitrogen and oxygen atoms in total. The van der Waals surface area contributed by atoms with Crippen molar-refractivity contribution in [1.29, 1.82) is 0 Å². The Hall–Kier alpha value is -3.66. The first-order chi connectivity index (χ1) is 21.9. The highest BCUT2D eigenvalue weighted by molar-refractivity contribution is 9.10. The zero-order valence-electron chi connectivity index (χ0n) is 26.4. The average molecular weight is 725 g/mol. The molecule has 0 aliphatic heterocycles. The molecule has 0 bridgehead atoms. The fourth-order valence-corrected chi connectivity index (χ4v) is 6.88. The molecule has 0 aromatic heterocycles. The molecule has 0 saturated heterocycles. The number of carbonyl (C=O) groups excluding carboxylic acids is 2. The Balaban J connectivity index is 1.83. The van der Waals surface area contributed by atoms with Crippen LogP contribution in [-0.2, 0) is 32.6 Å². The molecule has 0 aliphatic carbocycles. The predicted molar refractivity (Wildman–Crippen MR) is 188 cm³/mol. The molecule has 4 aromatic carbocycles. The second kappa shape index (κ2) is 15.8. The maximum absolute atomic E-state index is 14.6. The van der Waals surface area contributed by atoms with Gasteiger partial charge in [-0.1, -0.05) is 101 Å². The van der Waals surface area contributed by atoms with Gasteiger partial charge >= 0.3 is 0 Å². The van der Waals surface area contributed by atoms with Gasteiger partial charge in [0, 0.05) is 28.5 Å². The zero-order valence-corrected chi connectivity index (χ0v) is 29.6. The molecule has 0 fully saturated rings. The number of nitrogens with one attached hydrogen (secondary N) is 1. The van der Waals surface area contributed by atoms with E-state index in [1.54, 1.807) is 37.3 Å². The van der Waals surface area contributed by atoms with Crippen molar-refractivity contribution >= 4 is 55.1 Å². The van der Waals surface area contributed by atoms with Crippen molar-refractivity contribution in [3.8, 4) is 0 Å². The molecule has 0 heterocycles. The summed E-state index contributed by atoms with van der Waals surface area (Å²) in [6.45, 7) is 7.07. The van der Waals surface area contributed by atoms with Gasteiger partial charge in [-0.05, 0) is 80.3 Å². The average Bonchev–Trinajstić information content (AvgIpc) is 3.04. The fourth-order valence-electron chi connectivity index (χ4n) is 4.98. The van der Waals surface area contributed by atoms with Crippen LogP contribution in [0.4, 0.5) is 5.69 Å². The Morgan fingerprint density at radius 3 is 2.17 bits per heavy atom. The topological polar surface area (TPSA) is 86.8 Å². The van der Waals surface area contributed by atoms with Crippen molar-refractivity contribution in [1.82, 2.24) is 10.2 Å². The predicted octanol–water partition coefficient (Wildman–Crippen LogP) is 7.47. The number of hydrogen-bond acceptors (Lipinski definition) is 4. The summed E-state index contributed by atoms with van der Waals surface area (Å²) in [6, 6.07) is 27.4. The molecule has 2 amide bonds. The first kappa shape index (κ1) is 35.2. The largest absolute Gasteiger partial charge is 0.352 e. The van der Waals surface area contributed by atoms with E-state index in [0.717, 1.165) is 25.5 Å². The van der Waals surface area contributed by atoms with E-state index in [0.29, 0.717) is 17.0 Å². The third-order valence-corrected chi connectivity index (χ3v) is 10.4. The lowest BCUT2D eigenvalue weighted by atomic mass is 10.0. The molecule has 10 heteroatoms. The smallest absolute Gasteiger partial charge is 0.264 e. The summed E-state index contributed by atoms with van der Waals surface area (Å²) < 4.78 is 30.5. The van der Waals surface area contributed by atoms with Crippen molar-refractivity contribution in [2.75, 3.05) is 10.8 Å². The highest BCUT2D eigenvalue weighted by atomic mass is 79.9. The van der Waals surface area contributed by atoms with Crippen LogP contribution in [0.2, 0.25) is 5.02 Å². The minimum absolute atomic E-state index is 0.0417. The number of benzene rings is 4. The number of sulfonamides is 1. The summed E-state index contributed by atoms with van der Waals surface area (Å²) >= 11 is 9.83. The van der Waals surface area contributed by atoms with E-state index in [2.05, 4.69) is 21.2 Å². The van der Waals surface area contributed by atoms with Crippen LogP contribution in [0, 0.1) is 13.8 Å². The van der Waals surface area contributed by atoms with Crippen molar-refractivity contribution in [3.63, 3.8) is 0 Å². The molecule has 4 aromatic rings. The van der Waals surface area contributed by atoms with Gasteiger partial charge in [-0.3, -0.25) is 13.9 Å². The molecule has 242 valence electrons. The van der Waals surface area contributed by atoms with E-state index in [1.807, 2.05) is 75.4 Å². The quantitative estimate of drug-likeness (QED) is 0.155. The van der Waals surface area contributed by atoms with Gasteiger partial charge in [0.25, 0.3) is 10.0 Å². The lowest BCUT2D eigenvalue weighted by Crippen LogP contribution is -2.54. The van der Waals surface area contributed by atoms with E-state index in [9.17, 15) is 18.0 Å². The lowest BCUT2D eigenvalue weighted by molar-refractivity contribution is -0.140. The standard InChI is InChI=1S/C36H39BrClN3O4S/c1-5-27(4)39-36(43)34(21-28-9-7-6-8-10-28)40(23-29-14-16-30(37)17-15-29)35(42)24-41(33-22-31(38)18-13-26(33)3)46(44,45)32-19-11-25(2)12-20-32/h6-20,22,27,34H,5,21,23-24H2,1-4H3,(H,39,43)/t27-,34-/m1/s1. The van der Waals surface area contributed by atoms with Gasteiger partial charge in [0.2, 0.25) is 11.8 Å². The number of hydrogen-bond donors (Lipinski definition) is 1. The van der Waals surface area contributed by atoms with Crippen LogP contribution in [0.3, 0.4) is 0 Å². The van der Waals surface area contributed by atoms with Gasteiger partial charge in [0.05, 0.1) is 10.6 Å². The van der Waals surface area contributed by atoms with Crippen LogP contribution in [0.1, 0.15) is 42.5 Å². The van der Waals surface area contributed by atoms with E-state index < -0.39 is 28.5 Å². The summed E-state index contributed by atoms with van der Waals surface area (Å²) in [6.07, 6.45) is 0.952. The monoisotopic (exact) mass is 723 g/mol. The van der Waals surface area contributed by atoms with E-state index in [1.165, 1.54) is 17.0 Å². The SMILES string of the molecule is CC[C@@H](C)NC(=O)[C@@H](Cc1ccccc1)N(Cc1ccc(Br)cc1)C(=O)CN(c1cc(Cl)ccc1C)S(=O)(=O)c1ccc(C)cc1. The van der Waals surface area contributed by atoms with Crippen LogP contribution in [0.5, 0.6) is 0 Å². The Morgan fingerprint density at radius 1 is 0.891 bits per heavy atom. The zero-order chi connectivity index (χ0) is 33.4. The fraction of sp³-hybridized carbons (Fsp3) is 0.278. The highest BCUT2D eigenvalue weighted by Gasteiger charge is 2.35. The Labute approximate surface area is 285 Å².